The summed E-state index contributed by atoms with van der Waals surface area (Å²) in [5.41, 5.74) is 2.16. The number of carbonyl (C=O) groups is 2. The Kier molecular flexibility index (Phi) is 5.99. The van der Waals surface area contributed by atoms with E-state index in [1.807, 2.05) is 38.1 Å². The number of benzene rings is 2. The Balaban J connectivity index is 1.09. The van der Waals surface area contributed by atoms with Crippen LogP contribution in [0.15, 0.2) is 60.2 Å². The number of thiazole rings is 1. The molecule has 0 radical (unpaired) electrons. The topological polar surface area (TPSA) is 61.7 Å². The second kappa shape index (κ2) is 9.31. The van der Waals surface area contributed by atoms with E-state index >= 15 is 0 Å². The van der Waals surface area contributed by atoms with Crippen molar-refractivity contribution in [3.63, 3.8) is 0 Å². The Labute approximate surface area is 216 Å². The predicted octanol–water partition coefficient (Wildman–Crippen LogP) is 4.16. The van der Waals surface area contributed by atoms with Crippen LogP contribution in [0.3, 0.4) is 0 Å². The lowest BCUT2D eigenvalue weighted by molar-refractivity contribution is 0.00855. The van der Waals surface area contributed by atoms with Gasteiger partial charge in [-0.3, -0.25) is 14.5 Å². The third-order valence-electron chi connectivity index (χ3n) is 7.02. The summed E-state index contributed by atoms with van der Waals surface area (Å²) in [5, 5.41) is 3.56. The summed E-state index contributed by atoms with van der Waals surface area (Å²) < 4.78 is 15.2. The highest BCUT2D eigenvalue weighted by Gasteiger charge is 2.37. The van der Waals surface area contributed by atoms with E-state index in [0.29, 0.717) is 41.8 Å². The number of amides is 2. The molecule has 4 heterocycles. The number of fused-ring (bicyclic) bond motifs is 1. The molecule has 184 valence electrons. The third-order valence-corrected chi connectivity index (χ3v) is 8.19. The number of likely N-dealkylation sites (tertiary alicyclic amines) is 1. The first kappa shape index (κ1) is 23.1. The Bertz CT molecular complexity index is 1420. The van der Waals surface area contributed by atoms with Crippen molar-refractivity contribution in [2.45, 2.75) is 6.04 Å². The lowest BCUT2D eigenvalue weighted by atomic mass is 10.0. The zero-order valence-electron chi connectivity index (χ0n) is 19.3. The summed E-state index contributed by atoms with van der Waals surface area (Å²) in [6, 6.07) is 12.1. The number of carbonyl (C=O) groups excluding carboxylic acids is 2. The Morgan fingerprint density at radius 3 is 2.39 bits per heavy atom. The van der Waals surface area contributed by atoms with Crippen LogP contribution in [0.1, 0.15) is 20.2 Å². The minimum absolute atomic E-state index is 0.00615. The van der Waals surface area contributed by atoms with Crippen LogP contribution >= 0.6 is 22.9 Å². The van der Waals surface area contributed by atoms with Crippen LogP contribution in [0.5, 0.6) is 0 Å². The monoisotopic (exact) mass is 523 g/mol. The Morgan fingerprint density at radius 1 is 0.944 bits per heavy atom. The van der Waals surface area contributed by atoms with Gasteiger partial charge in [0.2, 0.25) is 0 Å². The van der Waals surface area contributed by atoms with E-state index in [2.05, 4.69) is 9.88 Å². The van der Waals surface area contributed by atoms with Crippen molar-refractivity contribution in [1.82, 2.24) is 24.3 Å². The summed E-state index contributed by atoms with van der Waals surface area (Å²) in [4.78, 5) is 35.9. The maximum atomic E-state index is 13.3. The Morgan fingerprint density at radius 2 is 1.69 bits per heavy atom. The molecule has 2 aromatic heterocycles. The molecule has 2 saturated heterocycles. The maximum absolute atomic E-state index is 13.3. The summed E-state index contributed by atoms with van der Waals surface area (Å²) in [6.45, 7) is 4.18. The fraction of sp³-hybridized carbons (Fsp3) is 0.269. The second-order valence-corrected chi connectivity index (χ2v) is 10.3. The summed E-state index contributed by atoms with van der Waals surface area (Å²) in [6.07, 6.45) is 3.52. The first-order chi connectivity index (χ1) is 17.5. The predicted molar refractivity (Wildman–Crippen MR) is 138 cm³/mol. The van der Waals surface area contributed by atoms with Gasteiger partial charge in [0.05, 0.1) is 16.1 Å². The highest BCUT2D eigenvalue weighted by Crippen LogP contribution is 2.32. The van der Waals surface area contributed by atoms with Crippen LogP contribution in [0.2, 0.25) is 5.02 Å². The van der Waals surface area contributed by atoms with Crippen molar-refractivity contribution in [1.29, 1.82) is 0 Å². The van der Waals surface area contributed by atoms with Crippen LogP contribution in [0.4, 0.5) is 4.39 Å². The molecule has 2 aliphatic heterocycles. The normalized spacial score (nSPS) is 16.9. The standard InChI is InChI=1S/C26H23ClFN5O2S/c27-23-20-7-9-33(18-3-1-17(28)2-4-18)22(20)6-5-21(23)25(34)32-15-19(16-32)30-10-12-31(13-11-30)26(35)24-29-8-14-36-24/h1-9,14,19H,10-13,15-16H2. The van der Waals surface area contributed by atoms with Crippen molar-refractivity contribution >= 4 is 45.7 Å². The van der Waals surface area contributed by atoms with E-state index in [4.69, 9.17) is 11.6 Å². The van der Waals surface area contributed by atoms with Gasteiger partial charge in [-0.25, -0.2) is 9.37 Å². The molecule has 2 fully saturated rings. The number of halogens is 2. The number of hydrogen-bond acceptors (Lipinski definition) is 5. The van der Waals surface area contributed by atoms with E-state index in [1.165, 1.54) is 23.5 Å². The zero-order chi connectivity index (χ0) is 24.8. The van der Waals surface area contributed by atoms with Crippen LogP contribution in [0, 0.1) is 5.82 Å². The first-order valence-corrected chi connectivity index (χ1v) is 13.0. The largest absolute Gasteiger partial charge is 0.335 e. The van der Waals surface area contributed by atoms with Gasteiger partial charge in [-0.15, -0.1) is 11.3 Å². The number of nitrogens with zero attached hydrogens (tertiary/aromatic N) is 5. The average molecular weight is 524 g/mol. The lowest BCUT2D eigenvalue weighted by Gasteiger charge is -2.48. The van der Waals surface area contributed by atoms with Gasteiger partial charge in [0.25, 0.3) is 11.8 Å². The molecule has 4 aromatic rings. The molecule has 0 bridgehead atoms. The SMILES string of the molecule is O=C(c1nccs1)N1CCN(C2CN(C(=O)c3ccc4c(ccn4-c4ccc(F)cc4)c3Cl)C2)CC1. The molecule has 0 spiro atoms. The van der Waals surface area contributed by atoms with Crippen LogP contribution < -0.4 is 0 Å². The van der Waals surface area contributed by atoms with Gasteiger partial charge >= 0.3 is 0 Å². The van der Waals surface area contributed by atoms with Crippen LogP contribution in [-0.2, 0) is 0 Å². The van der Waals surface area contributed by atoms with Crippen molar-refractivity contribution in [2.24, 2.45) is 0 Å². The maximum Gasteiger partial charge on any atom is 0.282 e. The molecule has 6 rings (SSSR count). The molecule has 2 aliphatic rings. The molecular weight excluding hydrogens is 501 g/mol. The van der Waals surface area contributed by atoms with Gasteiger partial charge in [-0.05, 0) is 42.5 Å². The molecule has 2 amide bonds. The zero-order valence-corrected chi connectivity index (χ0v) is 20.9. The smallest absolute Gasteiger partial charge is 0.282 e. The minimum Gasteiger partial charge on any atom is -0.335 e. The van der Waals surface area contributed by atoms with E-state index in [-0.39, 0.29) is 23.7 Å². The molecule has 2 aromatic carbocycles. The molecule has 0 saturated carbocycles. The molecule has 36 heavy (non-hydrogen) atoms. The average Bonchev–Trinajstić information content (AvgIpc) is 3.55. The molecule has 0 unspecified atom stereocenters. The highest BCUT2D eigenvalue weighted by atomic mass is 35.5. The van der Waals surface area contributed by atoms with Crippen molar-refractivity contribution in [3.05, 3.63) is 81.6 Å². The van der Waals surface area contributed by atoms with Gasteiger partial charge in [-0.2, -0.15) is 0 Å². The summed E-state index contributed by atoms with van der Waals surface area (Å²) in [5.74, 6) is -0.376. The molecular formula is C26H23ClFN5O2S. The highest BCUT2D eigenvalue weighted by molar-refractivity contribution is 7.11. The van der Waals surface area contributed by atoms with Crippen LogP contribution in [0.25, 0.3) is 16.6 Å². The van der Waals surface area contributed by atoms with Gasteiger partial charge < -0.3 is 14.4 Å². The van der Waals surface area contributed by atoms with E-state index in [1.54, 1.807) is 24.4 Å². The van der Waals surface area contributed by atoms with Gasteiger partial charge in [0, 0.05) is 74.2 Å². The fourth-order valence-corrected chi connectivity index (χ4v) is 5.86. The molecule has 0 atom stereocenters. The van der Waals surface area contributed by atoms with Crippen molar-refractivity contribution < 1.29 is 14.0 Å². The van der Waals surface area contributed by atoms with Gasteiger partial charge in [-0.1, -0.05) is 11.6 Å². The molecule has 7 nitrogen and oxygen atoms in total. The van der Waals surface area contributed by atoms with E-state index in [0.717, 1.165) is 29.7 Å². The number of piperazine rings is 1. The van der Waals surface area contributed by atoms with E-state index in [9.17, 15) is 14.0 Å². The minimum atomic E-state index is -0.292. The fourth-order valence-electron chi connectivity index (χ4n) is 4.95. The summed E-state index contributed by atoms with van der Waals surface area (Å²) >= 11 is 8.05. The van der Waals surface area contributed by atoms with Crippen molar-refractivity contribution in [2.75, 3.05) is 39.3 Å². The molecule has 0 N–H and O–H groups in total. The number of hydrogen-bond donors (Lipinski definition) is 0. The summed E-state index contributed by atoms with van der Waals surface area (Å²) in [7, 11) is 0. The van der Waals surface area contributed by atoms with E-state index < -0.39 is 0 Å². The first-order valence-electron chi connectivity index (χ1n) is 11.8. The van der Waals surface area contributed by atoms with Crippen LogP contribution in [-0.4, -0.2) is 81.4 Å². The number of rotatable bonds is 4. The van der Waals surface area contributed by atoms with Gasteiger partial charge in [0.15, 0.2) is 5.01 Å². The quantitative estimate of drug-likeness (QED) is 0.403. The molecule has 0 aliphatic carbocycles. The number of aromatic nitrogens is 2. The van der Waals surface area contributed by atoms with Crippen molar-refractivity contribution in [3.8, 4) is 5.69 Å². The lowest BCUT2D eigenvalue weighted by Crippen LogP contribution is -2.64. The second-order valence-electron chi connectivity index (χ2n) is 9.05. The van der Waals surface area contributed by atoms with Gasteiger partial charge in [0.1, 0.15) is 5.82 Å². The Hall–Kier alpha value is -3.27. The third kappa shape index (κ3) is 4.07. The molecule has 10 heteroatoms.